The van der Waals surface area contributed by atoms with Crippen LogP contribution in [0.3, 0.4) is 0 Å². The Morgan fingerprint density at radius 1 is 1.12 bits per heavy atom. The van der Waals surface area contributed by atoms with Crippen LogP contribution < -0.4 is 10.1 Å². The molecule has 0 aliphatic carbocycles. The number of ether oxygens (including phenoxy) is 2. The van der Waals surface area contributed by atoms with Gasteiger partial charge in [0.15, 0.2) is 12.4 Å². The third kappa shape index (κ3) is 5.38. The predicted octanol–water partition coefficient (Wildman–Crippen LogP) is 4.08. The van der Waals surface area contributed by atoms with E-state index in [4.69, 9.17) is 32.7 Å². The fraction of sp³-hybridized carbons (Fsp3) is 0.263. The summed E-state index contributed by atoms with van der Waals surface area (Å²) in [5, 5.41) is 3.12. The summed E-state index contributed by atoms with van der Waals surface area (Å²) in [4.78, 5) is 23.9. The molecule has 0 saturated heterocycles. The van der Waals surface area contributed by atoms with Gasteiger partial charge < -0.3 is 14.8 Å². The van der Waals surface area contributed by atoms with E-state index in [0.29, 0.717) is 6.54 Å². The topological polar surface area (TPSA) is 64.6 Å². The number of esters is 1. The lowest BCUT2D eigenvalue weighted by Gasteiger charge is -2.13. The average molecular weight is 396 g/mol. The molecule has 2 rings (SSSR count). The Hall–Kier alpha value is -2.24. The van der Waals surface area contributed by atoms with Crippen molar-refractivity contribution in [2.24, 2.45) is 0 Å². The second kappa shape index (κ2) is 9.46. The molecule has 7 heteroatoms. The highest BCUT2D eigenvalue weighted by molar-refractivity contribution is 6.37. The lowest BCUT2D eigenvalue weighted by Crippen LogP contribution is -2.31. The summed E-state index contributed by atoms with van der Waals surface area (Å²) in [7, 11) is 1.42. The Morgan fingerprint density at radius 2 is 1.73 bits per heavy atom. The third-order valence-electron chi connectivity index (χ3n) is 3.75. The minimum Gasteiger partial charge on any atom is -0.494 e. The van der Waals surface area contributed by atoms with Crippen LogP contribution in [0.4, 0.5) is 0 Å². The zero-order chi connectivity index (χ0) is 19.1. The highest BCUT2D eigenvalue weighted by Crippen LogP contribution is 2.33. The summed E-state index contributed by atoms with van der Waals surface area (Å²) in [6.45, 7) is 2.06. The molecule has 0 aliphatic heterocycles. The molecule has 138 valence electrons. The van der Waals surface area contributed by atoms with Crippen molar-refractivity contribution in [2.45, 2.75) is 12.8 Å². The van der Waals surface area contributed by atoms with Gasteiger partial charge in [0.1, 0.15) is 0 Å². The average Bonchev–Trinajstić information content (AvgIpc) is 2.64. The molecule has 0 radical (unpaired) electrons. The number of amides is 1. The first-order valence-electron chi connectivity index (χ1n) is 7.94. The van der Waals surface area contributed by atoms with Gasteiger partial charge in [-0.1, -0.05) is 60.5 Å². The number of hydrogen-bond donors (Lipinski definition) is 1. The molecule has 1 atom stereocenters. The molecular weight excluding hydrogens is 377 g/mol. The Kier molecular flexibility index (Phi) is 7.30. The fourth-order valence-electron chi connectivity index (χ4n) is 2.30. The van der Waals surface area contributed by atoms with E-state index in [1.165, 1.54) is 19.2 Å². The van der Waals surface area contributed by atoms with Crippen LogP contribution in [0.2, 0.25) is 10.0 Å². The summed E-state index contributed by atoms with van der Waals surface area (Å²) < 4.78 is 10.0. The van der Waals surface area contributed by atoms with Crippen LogP contribution in [0.5, 0.6) is 5.75 Å². The maximum atomic E-state index is 12.1. The first kappa shape index (κ1) is 20.1. The van der Waals surface area contributed by atoms with Crippen LogP contribution in [0.15, 0.2) is 42.5 Å². The van der Waals surface area contributed by atoms with Crippen molar-refractivity contribution < 1.29 is 19.1 Å². The molecule has 2 aromatic rings. The number of nitrogens with one attached hydrogen (secondary N) is 1. The van der Waals surface area contributed by atoms with Crippen LogP contribution in [0.25, 0.3) is 0 Å². The van der Waals surface area contributed by atoms with Gasteiger partial charge in [0, 0.05) is 6.54 Å². The quantitative estimate of drug-likeness (QED) is 0.717. The van der Waals surface area contributed by atoms with Crippen LogP contribution >= 0.6 is 23.2 Å². The van der Waals surface area contributed by atoms with Crippen LogP contribution in [-0.2, 0) is 9.53 Å². The van der Waals surface area contributed by atoms with Crippen LogP contribution in [0.1, 0.15) is 28.8 Å². The van der Waals surface area contributed by atoms with Crippen molar-refractivity contribution in [2.75, 3.05) is 20.3 Å². The first-order chi connectivity index (χ1) is 12.4. The molecule has 1 amide bonds. The number of carbonyl (C=O) groups excluding carboxylic acids is 2. The fourth-order valence-corrected chi connectivity index (χ4v) is 2.95. The van der Waals surface area contributed by atoms with E-state index in [1.807, 2.05) is 37.3 Å². The van der Waals surface area contributed by atoms with E-state index in [1.54, 1.807) is 0 Å². The lowest BCUT2D eigenvalue weighted by atomic mass is 10.0. The van der Waals surface area contributed by atoms with Gasteiger partial charge in [0.05, 0.1) is 22.7 Å². The molecule has 0 spiro atoms. The monoisotopic (exact) mass is 395 g/mol. The second-order valence-corrected chi connectivity index (χ2v) is 6.48. The summed E-state index contributed by atoms with van der Waals surface area (Å²) in [6.07, 6.45) is 0. The number of carbonyl (C=O) groups is 2. The van der Waals surface area contributed by atoms with Gasteiger partial charge >= 0.3 is 5.97 Å². The third-order valence-corrected chi connectivity index (χ3v) is 4.31. The first-order valence-corrected chi connectivity index (χ1v) is 8.69. The maximum Gasteiger partial charge on any atom is 0.338 e. The highest BCUT2D eigenvalue weighted by atomic mass is 35.5. The maximum absolute atomic E-state index is 12.1. The Balaban J connectivity index is 1.84. The van der Waals surface area contributed by atoms with Crippen molar-refractivity contribution in [3.05, 3.63) is 63.6 Å². The molecule has 0 aliphatic rings. The minimum atomic E-state index is -0.692. The zero-order valence-electron chi connectivity index (χ0n) is 14.4. The summed E-state index contributed by atoms with van der Waals surface area (Å²) in [5.74, 6) is -0.651. The molecular formula is C19H19Cl2NO4. The molecule has 0 unspecified atom stereocenters. The molecule has 26 heavy (non-hydrogen) atoms. The standard InChI is InChI=1S/C19H19Cl2NO4/c1-12(13-6-4-3-5-7-13)10-22-17(23)11-26-19(24)14-8-15(20)18(25-2)16(21)9-14/h3-9,12H,10-11H2,1-2H3,(H,22,23)/t12-/m0/s1. The summed E-state index contributed by atoms with van der Waals surface area (Å²) in [5.41, 5.74) is 1.26. The Labute approximate surface area is 162 Å². The normalized spacial score (nSPS) is 11.5. The van der Waals surface area contributed by atoms with Crippen molar-refractivity contribution >= 4 is 35.1 Å². The van der Waals surface area contributed by atoms with Crippen LogP contribution in [0, 0.1) is 0 Å². The number of halogens is 2. The van der Waals surface area contributed by atoms with Gasteiger partial charge in [-0.3, -0.25) is 4.79 Å². The molecule has 0 fully saturated rings. The number of methoxy groups -OCH3 is 1. The van der Waals surface area contributed by atoms with Crippen molar-refractivity contribution in [1.29, 1.82) is 0 Å². The summed E-state index contributed by atoms with van der Waals surface area (Å²) in [6, 6.07) is 12.6. The second-order valence-electron chi connectivity index (χ2n) is 5.67. The highest BCUT2D eigenvalue weighted by Gasteiger charge is 2.16. The lowest BCUT2D eigenvalue weighted by molar-refractivity contribution is -0.124. The van der Waals surface area contributed by atoms with Gasteiger partial charge in [-0.15, -0.1) is 0 Å². The van der Waals surface area contributed by atoms with Gasteiger partial charge in [-0.25, -0.2) is 4.79 Å². The van der Waals surface area contributed by atoms with Gasteiger partial charge in [0.25, 0.3) is 5.91 Å². The minimum absolute atomic E-state index is 0.145. The Bertz CT molecular complexity index is 757. The number of benzene rings is 2. The van der Waals surface area contributed by atoms with E-state index >= 15 is 0 Å². The van der Waals surface area contributed by atoms with E-state index in [9.17, 15) is 9.59 Å². The molecule has 0 bridgehead atoms. The van der Waals surface area contributed by atoms with Gasteiger partial charge in [-0.2, -0.15) is 0 Å². The molecule has 0 aromatic heterocycles. The van der Waals surface area contributed by atoms with Crippen molar-refractivity contribution in [3.63, 3.8) is 0 Å². The molecule has 0 saturated carbocycles. The van der Waals surface area contributed by atoms with Crippen molar-refractivity contribution in [1.82, 2.24) is 5.32 Å². The molecule has 0 heterocycles. The van der Waals surface area contributed by atoms with E-state index in [2.05, 4.69) is 5.32 Å². The molecule has 5 nitrogen and oxygen atoms in total. The van der Waals surface area contributed by atoms with E-state index in [-0.39, 0.29) is 39.8 Å². The smallest absolute Gasteiger partial charge is 0.338 e. The van der Waals surface area contributed by atoms with Crippen LogP contribution in [-0.4, -0.2) is 32.1 Å². The van der Waals surface area contributed by atoms with E-state index < -0.39 is 5.97 Å². The van der Waals surface area contributed by atoms with Gasteiger partial charge in [-0.05, 0) is 23.6 Å². The van der Waals surface area contributed by atoms with Crippen molar-refractivity contribution in [3.8, 4) is 5.75 Å². The zero-order valence-corrected chi connectivity index (χ0v) is 15.9. The van der Waals surface area contributed by atoms with Gasteiger partial charge in [0.2, 0.25) is 0 Å². The van der Waals surface area contributed by atoms with E-state index in [0.717, 1.165) is 5.56 Å². The predicted molar refractivity (Wildman–Crippen MR) is 101 cm³/mol. The number of hydrogen-bond acceptors (Lipinski definition) is 4. The molecule has 2 aromatic carbocycles. The largest absolute Gasteiger partial charge is 0.494 e. The molecule has 1 N–H and O–H groups in total. The Morgan fingerprint density at radius 3 is 2.31 bits per heavy atom. The SMILES string of the molecule is COc1c(Cl)cc(C(=O)OCC(=O)NC[C@H](C)c2ccccc2)cc1Cl. The number of rotatable bonds is 7. The summed E-state index contributed by atoms with van der Waals surface area (Å²) >= 11 is 12.0.